The van der Waals surface area contributed by atoms with Gasteiger partial charge in [-0.05, 0) is 35.4 Å². The van der Waals surface area contributed by atoms with Gasteiger partial charge in [-0.15, -0.1) is 0 Å². The zero-order chi connectivity index (χ0) is 12.4. The van der Waals surface area contributed by atoms with Crippen LogP contribution in [0.4, 0.5) is 8.78 Å². The molecule has 1 atom stereocenters. The molecule has 0 nitrogen and oxygen atoms in total. The molecule has 0 fully saturated rings. The highest BCUT2D eigenvalue weighted by Crippen LogP contribution is 2.32. The lowest BCUT2D eigenvalue weighted by Gasteiger charge is -2.11. The largest absolute Gasteiger partial charge is 0.207 e. The van der Waals surface area contributed by atoms with E-state index in [1.165, 1.54) is 18.2 Å². The van der Waals surface area contributed by atoms with E-state index in [-0.39, 0.29) is 15.7 Å². The lowest BCUT2D eigenvalue weighted by Crippen LogP contribution is -1.93. The van der Waals surface area contributed by atoms with Crippen molar-refractivity contribution in [1.29, 1.82) is 0 Å². The highest BCUT2D eigenvalue weighted by Gasteiger charge is 2.12. The van der Waals surface area contributed by atoms with E-state index in [0.717, 1.165) is 11.1 Å². The standard InChI is InChI=1S/C13H8BrClF2/c14-13(8-1-4-10(16)5-2-8)9-3-6-12(17)11(15)7-9/h1-7,13H. The highest BCUT2D eigenvalue weighted by molar-refractivity contribution is 9.09. The van der Waals surface area contributed by atoms with Crippen LogP contribution in [0.2, 0.25) is 5.02 Å². The predicted molar refractivity (Wildman–Crippen MR) is 68.6 cm³/mol. The van der Waals surface area contributed by atoms with Crippen LogP contribution in [0.5, 0.6) is 0 Å². The molecule has 0 aliphatic heterocycles. The predicted octanol–water partition coefficient (Wildman–Crippen LogP) is 5.10. The molecule has 2 aromatic rings. The number of hydrogen-bond donors (Lipinski definition) is 0. The molecule has 0 aliphatic carbocycles. The van der Waals surface area contributed by atoms with E-state index in [0.29, 0.717) is 0 Å². The Morgan fingerprint density at radius 3 is 2.12 bits per heavy atom. The molecule has 0 bridgehead atoms. The van der Waals surface area contributed by atoms with Gasteiger partial charge in [0, 0.05) is 0 Å². The molecule has 2 aromatic carbocycles. The molecular weight excluding hydrogens is 309 g/mol. The van der Waals surface area contributed by atoms with Crippen LogP contribution in [0, 0.1) is 11.6 Å². The van der Waals surface area contributed by atoms with Gasteiger partial charge in [0.15, 0.2) is 0 Å². The number of benzene rings is 2. The van der Waals surface area contributed by atoms with Crippen LogP contribution in [0.1, 0.15) is 16.0 Å². The Bertz CT molecular complexity index is 525. The van der Waals surface area contributed by atoms with E-state index in [1.54, 1.807) is 24.3 Å². The second-order valence-electron chi connectivity index (χ2n) is 3.59. The van der Waals surface area contributed by atoms with Crippen LogP contribution in [0.25, 0.3) is 0 Å². The summed E-state index contributed by atoms with van der Waals surface area (Å²) in [6, 6.07) is 10.6. The zero-order valence-electron chi connectivity index (χ0n) is 8.63. The number of rotatable bonds is 2. The van der Waals surface area contributed by atoms with Gasteiger partial charge in [-0.1, -0.05) is 45.7 Å². The minimum absolute atomic E-state index is 0.0778. The van der Waals surface area contributed by atoms with E-state index in [1.807, 2.05) is 0 Å². The molecule has 2 rings (SSSR count). The van der Waals surface area contributed by atoms with Crippen molar-refractivity contribution in [3.63, 3.8) is 0 Å². The summed E-state index contributed by atoms with van der Waals surface area (Å²) in [5.41, 5.74) is 1.71. The third-order valence-electron chi connectivity index (χ3n) is 2.40. The van der Waals surface area contributed by atoms with Crippen molar-refractivity contribution in [2.45, 2.75) is 4.83 Å². The third-order valence-corrected chi connectivity index (χ3v) is 3.75. The second-order valence-corrected chi connectivity index (χ2v) is 4.91. The molecule has 0 amide bonds. The van der Waals surface area contributed by atoms with Crippen molar-refractivity contribution >= 4 is 27.5 Å². The van der Waals surface area contributed by atoms with Gasteiger partial charge in [0.1, 0.15) is 11.6 Å². The molecule has 0 saturated heterocycles. The van der Waals surface area contributed by atoms with Crippen molar-refractivity contribution in [3.05, 3.63) is 70.2 Å². The quantitative estimate of drug-likeness (QED) is 0.676. The first-order valence-corrected chi connectivity index (χ1v) is 6.22. The normalized spacial score (nSPS) is 12.5. The fourth-order valence-electron chi connectivity index (χ4n) is 1.49. The summed E-state index contributed by atoms with van der Waals surface area (Å²) in [6.07, 6.45) is 0. The summed E-state index contributed by atoms with van der Waals surface area (Å²) in [6.45, 7) is 0. The van der Waals surface area contributed by atoms with Crippen LogP contribution >= 0.6 is 27.5 Å². The zero-order valence-corrected chi connectivity index (χ0v) is 11.0. The number of alkyl halides is 1. The van der Waals surface area contributed by atoms with Crippen molar-refractivity contribution in [1.82, 2.24) is 0 Å². The average molecular weight is 318 g/mol. The Morgan fingerprint density at radius 1 is 0.941 bits per heavy atom. The van der Waals surface area contributed by atoms with Gasteiger partial charge in [-0.2, -0.15) is 0 Å². The van der Waals surface area contributed by atoms with E-state index < -0.39 is 5.82 Å². The van der Waals surface area contributed by atoms with Gasteiger partial charge in [0.05, 0.1) is 9.85 Å². The molecule has 0 heterocycles. The summed E-state index contributed by atoms with van der Waals surface area (Å²) < 4.78 is 25.8. The molecule has 0 N–H and O–H groups in total. The molecule has 0 aromatic heterocycles. The van der Waals surface area contributed by atoms with Gasteiger partial charge < -0.3 is 0 Å². The number of halogens is 4. The van der Waals surface area contributed by atoms with Gasteiger partial charge in [-0.25, -0.2) is 8.78 Å². The van der Waals surface area contributed by atoms with Crippen LogP contribution in [-0.4, -0.2) is 0 Å². The van der Waals surface area contributed by atoms with Crippen molar-refractivity contribution in [2.24, 2.45) is 0 Å². The Balaban J connectivity index is 2.33. The van der Waals surface area contributed by atoms with Crippen LogP contribution in [0.15, 0.2) is 42.5 Å². The van der Waals surface area contributed by atoms with E-state index >= 15 is 0 Å². The van der Waals surface area contributed by atoms with Gasteiger partial charge in [0.2, 0.25) is 0 Å². The molecule has 4 heteroatoms. The second kappa shape index (κ2) is 5.15. The highest BCUT2D eigenvalue weighted by atomic mass is 79.9. The fraction of sp³-hybridized carbons (Fsp3) is 0.0769. The Kier molecular flexibility index (Phi) is 3.79. The first kappa shape index (κ1) is 12.5. The van der Waals surface area contributed by atoms with Crippen LogP contribution < -0.4 is 0 Å². The van der Waals surface area contributed by atoms with Crippen LogP contribution in [0.3, 0.4) is 0 Å². The molecule has 0 spiro atoms. The van der Waals surface area contributed by atoms with Crippen molar-refractivity contribution < 1.29 is 8.78 Å². The maximum absolute atomic E-state index is 13.0. The Labute approximate surface area is 111 Å². The van der Waals surface area contributed by atoms with Crippen molar-refractivity contribution in [3.8, 4) is 0 Å². The van der Waals surface area contributed by atoms with E-state index in [9.17, 15) is 8.78 Å². The molecule has 0 saturated carbocycles. The topological polar surface area (TPSA) is 0 Å². The summed E-state index contributed by atoms with van der Waals surface area (Å²) in [5.74, 6) is -0.736. The molecule has 0 radical (unpaired) electrons. The lowest BCUT2D eigenvalue weighted by molar-refractivity contribution is 0.627. The van der Waals surface area contributed by atoms with Crippen molar-refractivity contribution in [2.75, 3.05) is 0 Å². The maximum atomic E-state index is 13.0. The molecule has 88 valence electrons. The SMILES string of the molecule is Fc1ccc(C(Br)c2ccc(F)c(Cl)c2)cc1. The summed E-state index contributed by atoms with van der Waals surface area (Å²) in [4.78, 5) is -0.138. The summed E-state index contributed by atoms with van der Waals surface area (Å²) >= 11 is 9.19. The fourth-order valence-corrected chi connectivity index (χ4v) is 2.27. The Hall–Kier alpha value is -0.930. The molecule has 0 aliphatic rings. The maximum Gasteiger partial charge on any atom is 0.141 e. The average Bonchev–Trinajstić information content (AvgIpc) is 2.33. The monoisotopic (exact) mass is 316 g/mol. The molecule has 17 heavy (non-hydrogen) atoms. The van der Waals surface area contributed by atoms with E-state index in [2.05, 4.69) is 15.9 Å². The first-order chi connectivity index (χ1) is 8.08. The Morgan fingerprint density at radius 2 is 1.53 bits per heavy atom. The van der Waals surface area contributed by atoms with Gasteiger partial charge >= 0.3 is 0 Å². The first-order valence-electron chi connectivity index (χ1n) is 4.92. The minimum Gasteiger partial charge on any atom is -0.207 e. The summed E-state index contributed by atoms with van der Waals surface area (Å²) in [5, 5.41) is 0.0778. The minimum atomic E-state index is -0.450. The lowest BCUT2D eigenvalue weighted by atomic mass is 10.0. The molecular formula is C13H8BrClF2. The van der Waals surface area contributed by atoms with Gasteiger partial charge in [0.25, 0.3) is 0 Å². The van der Waals surface area contributed by atoms with Gasteiger partial charge in [-0.3, -0.25) is 0 Å². The third kappa shape index (κ3) is 2.85. The van der Waals surface area contributed by atoms with E-state index in [4.69, 9.17) is 11.6 Å². The van der Waals surface area contributed by atoms with Crippen LogP contribution in [-0.2, 0) is 0 Å². The smallest absolute Gasteiger partial charge is 0.141 e. The molecule has 1 unspecified atom stereocenters. The summed E-state index contributed by atoms with van der Waals surface area (Å²) in [7, 11) is 0. The number of hydrogen-bond acceptors (Lipinski definition) is 0.